The minimum absolute atomic E-state index is 0.00102. The Kier molecular flexibility index (Phi) is 4.99. The van der Waals surface area contributed by atoms with Crippen molar-refractivity contribution in [3.8, 4) is 0 Å². The zero-order valence-corrected chi connectivity index (χ0v) is 13.5. The number of halogens is 1. The quantitative estimate of drug-likeness (QED) is 0.612. The van der Waals surface area contributed by atoms with Gasteiger partial charge in [0.1, 0.15) is 5.25 Å². The monoisotopic (exact) mass is 333 g/mol. The van der Waals surface area contributed by atoms with Crippen LogP contribution >= 0.6 is 22.4 Å². The number of carbonyl (C=O) groups is 1. The SMILES string of the molecule is Cc1ccc(SCCN2CC(S(=O)(=O)Cl)CC2=O)cc1. The Morgan fingerprint density at radius 3 is 2.55 bits per heavy atom. The van der Waals surface area contributed by atoms with E-state index in [4.69, 9.17) is 10.7 Å². The first-order valence-electron chi connectivity index (χ1n) is 6.27. The first-order valence-corrected chi connectivity index (χ1v) is 9.63. The largest absolute Gasteiger partial charge is 0.340 e. The van der Waals surface area contributed by atoms with Crippen LogP contribution in [0.5, 0.6) is 0 Å². The summed E-state index contributed by atoms with van der Waals surface area (Å²) in [7, 11) is 1.66. The molecule has 0 bridgehead atoms. The van der Waals surface area contributed by atoms with E-state index in [2.05, 4.69) is 0 Å². The lowest BCUT2D eigenvalue weighted by atomic mass is 10.2. The average Bonchev–Trinajstić information content (AvgIpc) is 2.74. The van der Waals surface area contributed by atoms with Gasteiger partial charge in [-0.1, -0.05) is 17.7 Å². The molecule has 1 unspecified atom stereocenters. The van der Waals surface area contributed by atoms with E-state index in [9.17, 15) is 13.2 Å². The van der Waals surface area contributed by atoms with Gasteiger partial charge < -0.3 is 4.90 Å². The lowest BCUT2D eigenvalue weighted by Gasteiger charge is -2.15. The van der Waals surface area contributed by atoms with Gasteiger partial charge in [-0.25, -0.2) is 8.42 Å². The van der Waals surface area contributed by atoms with E-state index >= 15 is 0 Å². The van der Waals surface area contributed by atoms with E-state index in [1.54, 1.807) is 16.7 Å². The van der Waals surface area contributed by atoms with Gasteiger partial charge in [-0.3, -0.25) is 4.79 Å². The molecule has 0 radical (unpaired) electrons. The van der Waals surface area contributed by atoms with E-state index in [-0.39, 0.29) is 18.9 Å². The molecule has 1 amide bonds. The molecule has 1 atom stereocenters. The minimum Gasteiger partial charge on any atom is -0.340 e. The minimum atomic E-state index is -3.65. The van der Waals surface area contributed by atoms with Crippen molar-refractivity contribution < 1.29 is 13.2 Å². The summed E-state index contributed by atoms with van der Waals surface area (Å²) in [6.45, 7) is 2.78. The number of rotatable bonds is 5. The van der Waals surface area contributed by atoms with Crippen LogP contribution in [0.4, 0.5) is 0 Å². The summed E-state index contributed by atoms with van der Waals surface area (Å²) in [4.78, 5) is 14.4. The maximum absolute atomic E-state index is 11.7. The van der Waals surface area contributed by atoms with Crippen LogP contribution in [0.3, 0.4) is 0 Å². The molecule has 0 N–H and O–H groups in total. The van der Waals surface area contributed by atoms with Crippen LogP contribution in [0.1, 0.15) is 12.0 Å². The first-order chi connectivity index (χ1) is 9.36. The van der Waals surface area contributed by atoms with Crippen LogP contribution in [0.15, 0.2) is 29.2 Å². The van der Waals surface area contributed by atoms with Gasteiger partial charge in [0.05, 0.1) is 0 Å². The maximum atomic E-state index is 11.7. The number of hydrogen-bond acceptors (Lipinski definition) is 4. The van der Waals surface area contributed by atoms with Crippen LogP contribution in [0, 0.1) is 6.92 Å². The molecule has 1 aromatic carbocycles. The van der Waals surface area contributed by atoms with E-state index in [1.165, 1.54) is 5.56 Å². The molecule has 20 heavy (non-hydrogen) atoms. The Hall–Kier alpha value is -0.720. The second-order valence-corrected chi connectivity index (χ2v) is 8.88. The molecule has 1 fully saturated rings. The molecule has 2 rings (SSSR count). The van der Waals surface area contributed by atoms with Gasteiger partial charge in [-0.2, -0.15) is 0 Å². The van der Waals surface area contributed by atoms with Gasteiger partial charge in [-0.15, -0.1) is 11.8 Å². The molecular formula is C13H16ClNO3S2. The van der Waals surface area contributed by atoms with Crippen molar-refractivity contribution in [2.45, 2.75) is 23.5 Å². The summed E-state index contributed by atoms with van der Waals surface area (Å²) >= 11 is 1.65. The van der Waals surface area contributed by atoms with Gasteiger partial charge >= 0.3 is 0 Å². The van der Waals surface area contributed by atoms with Crippen molar-refractivity contribution >= 4 is 37.4 Å². The van der Waals surface area contributed by atoms with Crippen LogP contribution in [0.25, 0.3) is 0 Å². The Morgan fingerprint density at radius 1 is 1.35 bits per heavy atom. The fraction of sp³-hybridized carbons (Fsp3) is 0.462. The normalized spacial score (nSPS) is 19.6. The second kappa shape index (κ2) is 6.37. The number of aryl methyl sites for hydroxylation is 1. The average molecular weight is 334 g/mol. The summed E-state index contributed by atoms with van der Waals surface area (Å²) in [6, 6.07) is 8.16. The lowest BCUT2D eigenvalue weighted by Crippen LogP contribution is -2.29. The Balaban J connectivity index is 1.83. The fourth-order valence-corrected chi connectivity index (χ4v) is 3.98. The molecule has 4 nitrogen and oxygen atoms in total. The third-order valence-electron chi connectivity index (χ3n) is 3.23. The molecule has 110 valence electrons. The first kappa shape index (κ1) is 15.7. The molecule has 0 aromatic heterocycles. The number of amides is 1. The number of nitrogens with zero attached hydrogens (tertiary/aromatic N) is 1. The van der Waals surface area contributed by atoms with E-state index in [0.29, 0.717) is 6.54 Å². The molecule has 7 heteroatoms. The third-order valence-corrected chi connectivity index (χ3v) is 6.09. The zero-order chi connectivity index (χ0) is 14.8. The number of carbonyl (C=O) groups excluding carboxylic acids is 1. The number of hydrogen-bond donors (Lipinski definition) is 0. The van der Waals surface area contributed by atoms with Crippen LogP contribution in [-0.2, 0) is 13.8 Å². The summed E-state index contributed by atoms with van der Waals surface area (Å²) in [5, 5.41) is -0.763. The summed E-state index contributed by atoms with van der Waals surface area (Å²) < 4.78 is 22.5. The van der Waals surface area contributed by atoms with Gasteiger partial charge in [0, 0.05) is 40.8 Å². The zero-order valence-electron chi connectivity index (χ0n) is 11.1. The third kappa shape index (κ3) is 4.14. The second-order valence-electron chi connectivity index (χ2n) is 4.80. The maximum Gasteiger partial charge on any atom is 0.237 e. The lowest BCUT2D eigenvalue weighted by molar-refractivity contribution is -0.127. The molecule has 1 saturated heterocycles. The van der Waals surface area contributed by atoms with Crippen LogP contribution in [0.2, 0.25) is 0 Å². The molecule has 0 saturated carbocycles. The van der Waals surface area contributed by atoms with E-state index in [0.717, 1.165) is 10.6 Å². The summed E-state index contributed by atoms with van der Waals surface area (Å²) in [5.74, 6) is 0.605. The molecule has 1 heterocycles. The topological polar surface area (TPSA) is 54.5 Å². The molecular weight excluding hydrogens is 318 g/mol. The van der Waals surface area contributed by atoms with Crippen LogP contribution in [-0.4, -0.2) is 43.3 Å². The Morgan fingerprint density at radius 2 is 2.00 bits per heavy atom. The van der Waals surface area contributed by atoms with Crippen molar-refractivity contribution in [1.82, 2.24) is 4.90 Å². The molecule has 0 spiro atoms. The number of benzene rings is 1. The van der Waals surface area contributed by atoms with Crippen molar-refractivity contribution in [2.75, 3.05) is 18.8 Å². The van der Waals surface area contributed by atoms with E-state index in [1.807, 2.05) is 31.2 Å². The van der Waals surface area contributed by atoms with Crippen molar-refractivity contribution in [1.29, 1.82) is 0 Å². The van der Waals surface area contributed by atoms with Crippen LogP contribution < -0.4 is 0 Å². The molecule has 1 aromatic rings. The highest BCUT2D eigenvalue weighted by Gasteiger charge is 2.36. The van der Waals surface area contributed by atoms with E-state index < -0.39 is 14.3 Å². The fourth-order valence-electron chi connectivity index (χ4n) is 2.05. The predicted molar refractivity (Wildman–Crippen MR) is 81.7 cm³/mol. The van der Waals surface area contributed by atoms with Crippen molar-refractivity contribution in [3.63, 3.8) is 0 Å². The summed E-state index contributed by atoms with van der Waals surface area (Å²) in [6.07, 6.45) is 0.00102. The standard InChI is InChI=1S/C13H16ClNO3S2/c1-10-2-4-11(5-3-10)19-7-6-15-9-12(8-13(15)16)20(14,17)18/h2-5,12H,6-9H2,1H3. The van der Waals surface area contributed by atoms with Crippen molar-refractivity contribution in [2.24, 2.45) is 0 Å². The number of thioether (sulfide) groups is 1. The summed E-state index contributed by atoms with van der Waals surface area (Å²) in [5.41, 5.74) is 1.21. The van der Waals surface area contributed by atoms with Gasteiger partial charge in [-0.05, 0) is 19.1 Å². The smallest absolute Gasteiger partial charge is 0.237 e. The Bertz CT molecular complexity index is 586. The highest BCUT2D eigenvalue weighted by Crippen LogP contribution is 2.23. The molecule has 0 aliphatic carbocycles. The number of likely N-dealkylation sites (tertiary alicyclic amines) is 1. The highest BCUT2D eigenvalue weighted by atomic mass is 35.7. The van der Waals surface area contributed by atoms with Gasteiger partial charge in [0.15, 0.2) is 0 Å². The van der Waals surface area contributed by atoms with Gasteiger partial charge in [0.2, 0.25) is 15.0 Å². The van der Waals surface area contributed by atoms with Crippen molar-refractivity contribution in [3.05, 3.63) is 29.8 Å². The molecule has 1 aliphatic heterocycles. The van der Waals surface area contributed by atoms with Gasteiger partial charge in [0.25, 0.3) is 0 Å². The Labute approximate surface area is 127 Å². The predicted octanol–water partition coefficient (Wildman–Crippen LogP) is 2.26. The molecule has 1 aliphatic rings. The highest BCUT2D eigenvalue weighted by molar-refractivity contribution is 8.14.